The van der Waals surface area contributed by atoms with E-state index in [4.69, 9.17) is 0 Å². The summed E-state index contributed by atoms with van der Waals surface area (Å²) in [6.07, 6.45) is 4.80. The summed E-state index contributed by atoms with van der Waals surface area (Å²) in [5, 5.41) is 6.58. The Morgan fingerprint density at radius 1 is 1.45 bits per heavy atom. The second kappa shape index (κ2) is 7.28. The van der Waals surface area contributed by atoms with Gasteiger partial charge in [-0.3, -0.25) is 14.3 Å². The van der Waals surface area contributed by atoms with Gasteiger partial charge in [0.2, 0.25) is 5.91 Å². The number of amides is 2. The molecule has 1 unspecified atom stereocenters. The van der Waals surface area contributed by atoms with Gasteiger partial charge < -0.3 is 10.2 Å². The highest BCUT2D eigenvalue weighted by Crippen LogP contribution is 2.00. The molecule has 1 aromatic rings. The third-order valence-corrected chi connectivity index (χ3v) is 2.78. The Labute approximate surface area is 118 Å². The van der Waals surface area contributed by atoms with Crippen LogP contribution in [0.25, 0.3) is 0 Å². The second-order valence-electron chi connectivity index (χ2n) is 4.36. The van der Waals surface area contributed by atoms with Crippen molar-refractivity contribution >= 4 is 11.8 Å². The maximum Gasteiger partial charge on any atom is 0.270 e. The maximum absolute atomic E-state index is 12.2. The van der Waals surface area contributed by atoms with Gasteiger partial charge in [-0.05, 0) is 13.0 Å². The van der Waals surface area contributed by atoms with Gasteiger partial charge in [0.1, 0.15) is 11.7 Å². The van der Waals surface area contributed by atoms with Crippen molar-refractivity contribution in [2.24, 2.45) is 7.05 Å². The van der Waals surface area contributed by atoms with E-state index in [0.29, 0.717) is 18.8 Å². The van der Waals surface area contributed by atoms with Gasteiger partial charge in [0.15, 0.2) is 0 Å². The standard InChI is InChI=1S/C14H20N4O2/c1-5-9-18(10-6-2)14(20)11(3)16-13(19)12-7-8-15-17(12)4/h5-8,11H,1-2,9-10H2,3-4H3,(H,16,19). The lowest BCUT2D eigenvalue weighted by Crippen LogP contribution is -2.47. The number of rotatable bonds is 7. The molecule has 0 aliphatic heterocycles. The fourth-order valence-corrected chi connectivity index (χ4v) is 1.77. The van der Waals surface area contributed by atoms with Crippen LogP contribution in [0, 0.1) is 0 Å². The summed E-state index contributed by atoms with van der Waals surface area (Å²) in [7, 11) is 1.67. The smallest absolute Gasteiger partial charge is 0.270 e. The van der Waals surface area contributed by atoms with E-state index >= 15 is 0 Å². The minimum atomic E-state index is -0.628. The lowest BCUT2D eigenvalue weighted by atomic mass is 10.2. The summed E-state index contributed by atoms with van der Waals surface area (Å²) < 4.78 is 1.46. The fraction of sp³-hybridized carbons (Fsp3) is 0.357. The van der Waals surface area contributed by atoms with Gasteiger partial charge >= 0.3 is 0 Å². The summed E-state index contributed by atoms with van der Waals surface area (Å²) in [6.45, 7) is 9.70. The summed E-state index contributed by atoms with van der Waals surface area (Å²) >= 11 is 0. The Bertz CT molecular complexity index is 497. The highest BCUT2D eigenvalue weighted by atomic mass is 16.2. The molecule has 1 rings (SSSR count). The molecule has 0 bridgehead atoms. The van der Waals surface area contributed by atoms with Crippen molar-refractivity contribution in [3.8, 4) is 0 Å². The molecule has 1 atom stereocenters. The van der Waals surface area contributed by atoms with Gasteiger partial charge in [-0.15, -0.1) is 13.2 Å². The lowest BCUT2D eigenvalue weighted by Gasteiger charge is -2.23. The van der Waals surface area contributed by atoms with E-state index in [0.717, 1.165) is 0 Å². The number of aromatic nitrogens is 2. The zero-order valence-electron chi connectivity index (χ0n) is 11.9. The van der Waals surface area contributed by atoms with Crippen molar-refractivity contribution in [2.75, 3.05) is 13.1 Å². The summed E-state index contributed by atoms with van der Waals surface area (Å²) in [6, 6.07) is 0.968. The third-order valence-electron chi connectivity index (χ3n) is 2.78. The van der Waals surface area contributed by atoms with Crippen LogP contribution in [0.4, 0.5) is 0 Å². The molecule has 1 heterocycles. The van der Waals surface area contributed by atoms with Crippen LogP contribution >= 0.6 is 0 Å². The van der Waals surface area contributed by atoms with Crippen LogP contribution in [0.5, 0.6) is 0 Å². The molecule has 0 aromatic carbocycles. The molecule has 0 spiro atoms. The number of carbonyl (C=O) groups is 2. The molecule has 1 aromatic heterocycles. The van der Waals surface area contributed by atoms with Crippen molar-refractivity contribution in [1.29, 1.82) is 0 Å². The van der Waals surface area contributed by atoms with Gasteiger partial charge in [-0.2, -0.15) is 5.10 Å². The predicted octanol–water partition coefficient (Wildman–Crippen LogP) is 0.739. The second-order valence-corrected chi connectivity index (χ2v) is 4.36. The first kappa shape index (κ1) is 15.7. The van der Waals surface area contributed by atoms with E-state index in [1.165, 1.54) is 10.9 Å². The van der Waals surface area contributed by atoms with Crippen LogP contribution in [0.3, 0.4) is 0 Å². The molecule has 0 aliphatic carbocycles. The van der Waals surface area contributed by atoms with E-state index in [2.05, 4.69) is 23.6 Å². The lowest BCUT2D eigenvalue weighted by molar-refractivity contribution is -0.131. The molecule has 1 N–H and O–H groups in total. The normalized spacial score (nSPS) is 11.5. The summed E-state index contributed by atoms with van der Waals surface area (Å²) in [4.78, 5) is 25.8. The molecule has 6 heteroatoms. The molecule has 0 aliphatic rings. The molecule has 108 valence electrons. The minimum absolute atomic E-state index is 0.180. The summed E-state index contributed by atoms with van der Waals surface area (Å²) in [5.41, 5.74) is 0.406. The first-order valence-electron chi connectivity index (χ1n) is 6.30. The van der Waals surface area contributed by atoms with E-state index in [9.17, 15) is 9.59 Å². The predicted molar refractivity (Wildman–Crippen MR) is 77.1 cm³/mol. The molecule has 2 amide bonds. The SMILES string of the molecule is C=CCN(CC=C)C(=O)C(C)NC(=O)c1ccnn1C. The minimum Gasteiger partial charge on any atom is -0.339 e. The highest BCUT2D eigenvalue weighted by molar-refractivity contribution is 5.96. The number of nitrogens with one attached hydrogen (secondary N) is 1. The zero-order chi connectivity index (χ0) is 15.1. The van der Waals surface area contributed by atoms with Crippen molar-refractivity contribution < 1.29 is 9.59 Å². The Balaban J connectivity index is 2.69. The van der Waals surface area contributed by atoms with E-state index < -0.39 is 6.04 Å². The molecular weight excluding hydrogens is 256 g/mol. The van der Waals surface area contributed by atoms with Gasteiger partial charge in [0.05, 0.1) is 0 Å². The number of hydrogen-bond donors (Lipinski definition) is 1. The monoisotopic (exact) mass is 276 g/mol. The first-order chi connectivity index (χ1) is 9.51. The molecule has 0 radical (unpaired) electrons. The average Bonchev–Trinajstić information content (AvgIpc) is 2.84. The van der Waals surface area contributed by atoms with E-state index in [1.807, 2.05) is 0 Å². The van der Waals surface area contributed by atoms with Crippen LogP contribution in [-0.2, 0) is 11.8 Å². The largest absolute Gasteiger partial charge is 0.339 e. The third kappa shape index (κ3) is 3.81. The molecule has 20 heavy (non-hydrogen) atoms. The van der Waals surface area contributed by atoms with Gasteiger partial charge in [0, 0.05) is 26.3 Å². The van der Waals surface area contributed by atoms with Crippen LogP contribution in [-0.4, -0.2) is 45.6 Å². The van der Waals surface area contributed by atoms with Gasteiger partial charge in [-0.1, -0.05) is 12.2 Å². The van der Waals surface area contributed by atoms with Crippen molar-refractivity contribution in [1.82, 2.24) is 20.0 Å². The number of nitrogens with zero attached hydrogens (tertiary/aromatic N) is 3. The Morgan fingerprint density at radius 3 is 2.50 bits per heavy atom. The van der Waals surface area contributed by atoms with Crippen LogP contribution in [0.1, 0.15) is 17.4 Å². The molecular formula is C14H20N4O2. The Kier molecular flexibility index (Phi) is 5.71. The Hall–Kier alpha value is -2.37. The van der Waals surface area contributed by atoms with E-state index in [-0.39, 0.29) is 11.8 Å². The average molecular weight is 276 g/mol. The van der Waals surface area contributed by atoms with Gasteiger partial charge in [0.25, 0.3) is 5.91 Å². The molecule has 6 nitrogen and oxygen atoms in total. The summed E-state index contributed by atoms with van der Waals surface area (Å²) in [5.74, 6) is -0.511. The maximum atomic E-state index is 12.2. The molecule has 0 saturated carbocycles. The number of aryl methyl sites for hydroxylation is 1. The van der Waals surface area contributed by atoms with Gasteiger partial charge in [-0.25, -0.2) is 0 Å². The number of hydrogen-bond acceptors (Lipinski definition) is 3. The fourth-order valence-electron chi connectivity index (χ4n) is 1.77. The molecule has 0 saturated heterocycles. The molecule has 0 fully saturated rings. The Morgan fingerprint density at radius 2 is 2.05 bits per heavy atom. The van der Waals surface area contributed by atoms with Crippen molar-refractivity contribution in [3.63, 3.8) is 0 Å². The van der Waals surface area contributed by atoms with Crippen molar-refractivity contribution in [2.45, 2.75) is 13.0 Å². The quantitative estimate of drug-likeness (QED) is 0.747. The number of carbonyl (C=O) groups excluding carboxylic acids is 2. The first-order valence-corrected chi connectivity index (χ1v) is 6.30. The van der Waals surface area contributed by atoms with Crippen LogP contribution < -0.4 is 5.32 Å². The van der Waals surface area contributed by atoms with E-state index in [1.54, 1.807) is 37.1 Å². The highest BCUT2D eigenvalue weighted by Gasteiger charge is 2.22. The van der Waals surface area contributed by atoms with Crippen molar-refractivity contribution in [3.05, 3.63) is 43.3 Å². The van der Waals surface area contributed by atoms with Crippen LogP contribution in [0.15, 0.2) is 37.6 Å². The zero-order valence-corrected chi connectivity index (χ0v) is 11.9. The topological polar surface area (TPSA) is 67.2 Å². The van der Waals surface area contributed by atoms with Crippen LogP contribution in [0.2, 0.25) is 0 Å².